The van der Waals surface area contributed by atoms with Crippen molar-refractivity contribution in [3.05, 3.63) is 58.7 Å². The lowest BCUT2D eigenvalue weighted by atomic mass is 10.0. The lowest BCUT2D eigenvalue weighted by molar-refractivity contribution is -0.143. The van der Waals surface area contributed by atoms with Gasteiger partial charge in [-0.2, -0.15) is 39.5 Å². The largest absolute Gasteiger partial charge is 0.416 e. The van der Waals surface area contributed by atoms with Gasteiger partial charge < -0.3 is 5.32 Å². The van der Waals surface area contributed by atoms with Crippen molar-refractivity contribution in [2.75, 3.05) is 16.8 Å². The zero-order valence-corrected chi connectivity index (χ0v) is 14.8. The number of nitrogens with zero attached hydrogens (tertiary/aromatic N) is 1. The zero-order valence-electron chi connectivity index (χ0n) is 14.8. The highest BCUT2D eigenvalue weighted by Gasteiger charge is 2.39. The molecule has 0 saturated carbocycles. The molecule has 1 aliphatic rings. The van der Waals surface area contributed by atoms with Crippen LogP contribution in [0.1, 0.15) is 27.0 Å². The van der Waals surface area contributed by atoms with Gasteiger partial charge in [0, 0.05) is 5.56 Å². The molecule has 0 fully saturated rings. The van der Waals surface area contributed by atoms with E-state index in [9.17, 15) is 49.1 Å². The number of hydrogen-bond donors (Lipinski definition) is 1. The van der Waals surface area contributed by atoms with Crippen LogP contribution in [0, 0.1) is 0 Å². The van der Waals surface area contributed by atoms with Crippen molar-refractivity contribution in [3.63, 3.8) is 0 Å². The molecule has 13 heteroatoms. The van der Waals surface area contributed by atoms with Gasteiger partial charge in [0.1, 0.15) is 6.54 Å². The lowest BCUT2D eigenvalue weighted by Gasteiger charge is -2.30. The van der Waals surface area contributed by atoms with E-state index in [0.717, 1.165) is 6.07 Å². The minimum Gasteiger partial charge on any atom is -0.323 e. The molecule has 0 bridgehead atoms. The van der Waals surface area contributed by atoms with E-state index < -0.39 is 64.8 Å². The number of rotatable bonds is 1. The Morgan fingerprint density at radius 2 is 1.29 bits per heavy atom. The number of halogens is 9. The average Bonchev–Trinajstić information content (AvgIpc) is 2.63. The summed E-state index contributed by atoms with van der Waals surface area (Å²) in [4.78, 5) is 25.1. The molecule has 2 amide bonds. The van der Waals surface area contributed by atoms with Crippen LogP contribution in [0.3, 0.4) is 0 Å². The topological polar surface area (TPSA) is 49.4 Å². The summed E-state index contributed by atoms with van der Waals surface area (Å²) >= 11 is 0. The quantitative estimate of drug-likeness (QED) is 0.589. The van der Waals surface area contributed by atoms with Crippen LogP contribution in [-0.4, -0.2) is 18.4 Å². The van der Waals surface area contributed by atoms with Crippen molar-refractivity contribution in [1.82, 2.24) is 0 Å². The number of amides is 2. The molecule has 0 unspecified atom stereocenters. The molecule has 0 atom stereocenters. The van der Waals surface area contributed by atoms with Gasteiger partial charge in [-0.05, 0) is 36.4 Å². The Morgan fingerprint density at radius 3 is 1.77 bits per heavy atom. The summed E-state index contributed by atoms with van der Waals surface area (Å²) < 4.78 is 117. The Labute approximate surface area is 167 Å². The van der Waals surface area contributed by atoms with Crippen molar-refractivity contribution in [2.24, 2.45) is 0 Å². The van der Waals surface area contributed by atoms with Crippen LogP contribution in [-0.2, 0) is 23.3 Å². The molecule has 166 valence electrons. The number of hydrogen-bond acceptors (Lipinski definition) is 2. The highest BCUT2D eigenvalue weighted by molar-refractivity contribution is 6.15. The van der Waals surface area contributed by atoms with Gasteiger partial charge in [0.2, 0.25) is 5.91 Å². The summed E-state index contributed by atoms with van der Waals surface area (Å²) in [5, 5.41) is 2.09. The van der Waals surface area contributed by atoms with Crippen LogP contribution >= 0.6 is 0 Å². The first kappa shape index (κ1) is 22.4. The first-order chi connectivity index (χ1) is 14.1. The van der Waals surface area contributed by atoms with E-state index in [1.165, 1.54) is 0 Å². The molecule has 0 aliphatic carbocycles. The second-order valence-electron chi connectivity index (χ2n) is 6.46. The molecule has 0 radical (unpaired) electrons. The van der Waals surface area contributed by atoms with E-state index in [-0.39, 0.29) is 23.9 Å². The monoisotopic (exact) mass is 456 g/mol. The highest BCUT2D eigenvalue weighted by Crippen LogP contribution is 2.39. The van der Waals surface area contributed by atoms with Crippen molar-refractivity contribution in [3.8, 4) is 0 Å². The van der Waals surface area contributed by atoms with E-state index >= 15 is 0 Å². The van der Waals surface area contributed by atoms with Crippen LogP contribution in [0.5, 0.6) is 0 Å². The summed E-state index contributed by atoms with van der Waals surface area (Å²) in [6, 6.07) is 2.02. The third kappa shape index (κ3) is 4.59. The molecule has 1 aliphatic heterocycles. The lowest BCUT2D eigenvalue weighted by Crippen LogP contribution is -2.42. The standard InChI is InChI=1S/C18H9F9N2O2/c19-16(20,21)9-1-2-13-12(6-9)28-14(30)7-29(13)15(31)8-3-10(17(22,23)24)5-11(4-8)18(25,26)27/h1-6H,7H2,(H,28,30). The van der Waals surface area contributed by atoms with Gasteiger partial charge >= 0.3 is 18.5 Å². The van der Waals surface area contributed by atoms with E-state index in [2.05, 4.69) is 5.32 Å². The van der Waals surface area contributed by atoms with Crippen LogP contribution in [0.15, 0.2) is 36.4 Å². The number of carbonyl (C=O) groups is 2. The van der Waals surface area contributed by atoms with E-state index in [1.54, 1.807) is 0 Å². The van der Waals surface area contributed by atoms with Gasteiger partial charge in [0.05, 0.1) is 28.1 Å². The number of nitrogens with one attached hydrogen (secondary N) is 1. The number of fused-ring (bicyclic) bond motifs is 1. The fraction of sp³-hybridized carbons (Fsp3) is 0.222. The SMILES string of the molecule is O=C1CN(C(=O)c2cc(C(F)(F)F)cc(C(F)(F)F)c2)c2ccc(C(F)(F)F)cc2N1. The Bertz CT molecular complexity index is 1020. The van der Waals surface area contributed by atoms with Crippen molar-refractivity contribution in [2.45, 2.75) is 18.5 Å². The second-order valence-corrected chi connectivity index (χ2v) is 6.46. The molecule has 0 aromatic heterocycles. The number of benzene rings is 2. The van der Waals surface area contributed by atoms with Gasteiger partial charge in [0.25, 0.3) is 5.91 Å². The Morgan fingerprint density at radius 1 is 0.774 bits per heavy atom. The molecular weight excluding hydrogens is 447 g/mol. The van der Waals surface area contributed by atoms with Crippen LogP contribution in [0.2, 0.25) is 0 Å². The summed E-state index contributed by atoms with van der Waals surface area (Å²) in [6.45, 7) is -0.825. The van der Waals surface area contributed by atoms with Crippen LogP contribution in [0.25, 0.3) is 0 Å². The van der Waals surface area contributed by atoms with E-state index in [4.69, 9.17) is 0 Å². The van der Waals surface area contributed by atoms with Gasteiger partial charge in [-0.3, -0.25) is 14.5 Å². The molecule has 1 N–H and O–H groups in total. The minimum atomic E-state index is -5.21. The maximum atomic E-state index is 13.0. The van der Waals surface area contributed by atoms with Crippen molar-refractivity contribution >= 4 is 23.2 Å². The summed E-state index contributed by atoms with van der Waals surface area (Å²) in [6.07, 6.45) is -15.2. The normalized spacial score (nSPS) is 14.9. The molecule has 2 aromatic rings. The van der Waals surface area contributed by atoms with Gasteiger partial charge in [-0.15, -0.1) is 0 Å². The Kier molecular flexibility index (Phi) is 5.19. The molecule has 1 heterocycles. The van der Waals surface area contributed by atoms with E-state index in [0.29, 0.717) is 17.0 Å². The fourth-order valence-corrected chi connectivity index (χ4v) is 2.88. The highest BCUT2D eigenvalue weighted by atomic mass is 19.4. The maximum Gasteiger partial charge on any atom is 0.416 e. The molecule has 4 nitrogen and oxygen atoms in total. The molecule has 0 saturated heterocycles. The third-order valence-electron chi connectivity index (χ3n) is 4.27. The zero-order chi connectivity index (χ0) is 23.4. The predicted octanol–water partition coefficient (Wildman–Crippen LogP) is 5.34. The van der Waals surface area contributed by atoms with Gasteiger partial charge in [0.15, 0.2) is 0 Å². The average molecular weight is 456 g/mol. The van der Waals surface area contributed by atoms with Gasteiger partial charge in [-0.25, -0.2) is 0 Å². The molecule has 0 spiro atoms. The third-order valence-corrected chi connectivity index (χ3v) is 4.27. The molecular formula is C18H9F9N2O2. The summed E-state index contributed by atoms with van der Waals surface area (Å²) in [7, 11) is 0. The molecule has 3 rings (SSSR count). The van der Waals surface area contributed by atoms with Crippen molar-refractivity contribution in [1.29, 1.82) is 0 Å². The number of carbonyl (C=O) groups excluding carboxylic acids is 2. The minimum absolute atomic E-state index is 0.174. The number of anilines is 2. The number of alkyl halides is 9. The van der Waals surface area contributed by atoms with Crippen LogP contribution < -0.4 is 10.2 Å². The van der Waals surface area contributed by atoms with E-state index in [1.807, 2.05) is 0 Å². The first-order valence-corrected chi connectivity index (χ1v) is 8.20. The smallest absolute Gasteiger partial charge is 0.323 e. The first-order valence-electron chi connectivity index (χ1n) is 8.20. The molecule has 31 heavy (non-hydrogen) atoms. The Hall–Kier alpha value is -3.25. The van der Waals surface area contributed by atoms with Gasteiger partial charge in [-0.1, -0.05) is 0 Å². The Balaban J connectivity index is 2.11. The van der Waals surface area contributed by atoms with Crippen molar-refractivity contribution < 1.29 is 49.1 Å². The second kappa shape index (κ2) is 7.17. The molecule has 2 aromatic carbocycles. The maximum absolute atomic E-state index is 13.0. The van der Waals surface area contributed by atoms with Crippen LogP contribution in [0.4, 0.5) is 50.9 Å². The predicted molar refractivity (Wildman–Crippen MR) is 88.2 cm³/mol. The summed E-state index contributed by atoms with van der Waals surface area (Å²) in [5.74, 6) is -2.41. The summed E-state index contributed by atoms with van der Waals surface area (Å²) in [5.41, 5.74) is -6.51. The fourth-order valence-electron chi connectivity index (χ4n) is 2.88.